The van der Waals surface area contributed by atoms with E-state index in [4.69, 9.17) is 9.15 Å². The minimum Gasteiger partial charge on any atom is -0.468 e. The van der Waals surface area contributed by atoms with Gasteiger partial charge in [-0.3, -0.25) is 9.59 Å². The van der Waals surface area contributed by atoms with Crippen LogP contribution in [0, 0.1) is 6.92 Å². The van der Waals surface area contributed by atoms with E-state index in [0.717, 1.165) is 23.2 Å². The van der Waals surface area contributed by atoms with Gasteiger partial charge in [0.25, 0.3) is 11.9 Å². The number of amides is 2. The molecule has 0 unspecified atom stereocenters. The normalized spacial score (nSPS) is 12.9. The van der Waals surface area contributed by atoms with Crippen LogP contribution in [0.3, 0.4) is 0 Å². The molecule has 0 saturated heterocycles. The summed E-state index contributed by atoms with van der Waals surface area (Å²) in [6.07, 6.45) is 1.89. The number of rotatable bonds is 6. The van der Waals surface area contributed by atoms with Crippen molar-refractivity contribution in [2.24, 2.45) is 0 Å². The van der Waals surface area contributed by atoms with Gasteiger partial charge in [0.05, 0.1) is 7.11 Å². The number of benzene rings is 2. The van der Waals surface area contributed by atoms with E-state index in [1.54, 1.807) is 17.0 Å². The summed E-state index contributed by atoms with van der Waals surface area (Å²) in [6.45, 7) is 3.15. The highest BCUT2D eigenvalue weighted by Crippen LogP contribution is 2.25. The molecule has 1 aromatic heterocycles. The standard InChI is InChI=1S/C25H26N2O4/c1-17-3-5-18(6-4-17)7-11-23(28)26-21-9-8-19-13-14-27(16-20(19)15-21)25(29)22-10-12-24(30-2)31-22/h3-6,8-10,12,15H,7,11,13-14,16H2,1-2H3,(H,26,28). The average Bonchev–Trinajstić information content (AvgIpc) is 3.27. The predicted molar refractivity (Wildman–Crippen MR) is 118 cm³/mol. The van der Waals surface area contributed by atoms with E-state index in [0.29, 0.717) is 31.9 Å². The SMILES string of the molecule is COc1ccc(C(=O)N2CCc3ccc(NC(=O)CCc4ccc(C)cc4)cc3C2)o1. The molecule has 6 heteroatoms. The first-order valence-corrected chi connectivity index (χ1v) is 10.4. The van der Waals surface area contributed by atoms with Gasteiger partial charge in [-0.2, -0.15) is 0 Å². The van der Waals surface area contributed by atoms with Crippen LogP contribution in [0.4, 0.5) is 5.69 Å². The lowest BCUT2D eigenvalue weighted by Gasteiger charge is -2.28. The van der Waals surface area contributed by atoms with Gasteiger partial charge in [0.1, 0.15) is 0 Å². The molecule has 2 aromatic carbocycles. The predicted octanol–water partition coefficient (Wildman–Crippen LogP) is 4.37. The molecule has 0 radical (unpaired) electrons. The zero-order valence-electron chi connectivity index (χ0n) is 17.8. The summed E-state index contributed by atoms with van der Waals surface area (Å²) in [5, 5.41) is 2.98. The third-order valence-electron chi connectivity index (χ3n) is 5.54. The van der Waals surface area contributed by atoms with Gasteiger partial charge in [0.15, 0.2) is 5.76 Å². The van der Waals surface area contributed by atoms with Crippen LogP contribution in [0.15, 0.2) is 59.0 Å². The van der Waals surface area contributed by atoms with Crippen LogP contribution in [0.5, 0.6) is 5.95 Å². The van der Waals surface area contributed by atoms with Gasteiger partial charge in [-0.25, -0.2) is 0 Å². The molecule has 1 aliphatic rings. The van der Waals surface area contributed by atoms with Crippen molar-refractivity contribution < 1.29 is 18.7 Å². The Bertz CT molecular complexity index is 1090. The van der Waals surface area contributed by atoms with Crippen molar-refractivity contribution in [3.63, 3.8) is 0 Å². The second-order valence-electron chi connectivity index (χ2n) is 7.82. The van der Waals surface area contributed by atoms with Gasteiger partial charge in [-0.15, -0.1) is 0 Å². The lowest BCUT2D eigenvalue weighted by Crippen LogP contribution is -2.35. The minimum absolute atomic E-state index is 0.0213. The lowest BCUT2D eigenvalue weighted by atomic mass is 9.98. The summed E-state index contributed by atoms with van der Waals surface area (Å²) < 4.78 is 10.4. The molecule has 0 saturated carbocycles. The molecule has 2 amide bonds. The van der Waals surface area contributed by atoms with Gasteiger partial charge < -0.3 is 19.4 Å². The molecule has 0 spiro atoms. The van der Waals surface area contributed by atoms with Crippen molar-refractivity contribution in [2.45, 2.75) is 32.7 Å². The molecular formula is C25H26N2O4. The highest BCUT2D eigenvalue weighted by Gasteiger charge is 2.24. The van der Waals surface area contributed by atoms with E-state index in [1.807, 2.05) is 25.1 Å². The molecule has 31 heavy (non-hydrogen) atoms. The number of aryl methyl sites for hydroxylation is 2. The zero-order chi connectivity index (χ0) is 21.8. The maximum Gasteiger partial charge on any atom is 0.290 e. The largest absolute Gasteiger partial charge is 0.468 e. The third kappa shape index (κ3) is 4.97. The summed E-state index contributed by atoms with van der Waals surface area (Å²) in [7, 11) is 1.50. The van der Waals surface area contributed by atoms with Gasteiger partial charge in [-0.05, 0) is 54.7 Å². The maximum absolute atomic E-state index is 12.7. The molecule has 0 atom stereocenters. The molecule has 2 heterocycles. The Labute approximate surface area is 181 Å². The van der Waals surface area contributed by atoms with Gasteiger partial charge in [-0.1, -0.05) is 35.9 Å². The van der Waals surface area contributed by atoms with Crippen molar-refractivity contribution in [1.29, 1.82) is 0 Å². The first-order chi connectivity index (χ1) is 15.0. The molecule has 4 rings (SSSR count). The van der Waals surface area contributed by atoms with E-state index in [2.05, 4.69) is 29.6 Å². The Morgan fingerprint density at radius 1 is 1.06 bits per heavy atom. The van der Waals surface area contributed by atoms with Crippen LogP contribution in [0.25, 0.3) is 0 Å². The number of fused-ring (bicyclic) bond motifs is 1. The average molecular weight is 418 g/mol. The summed E-state index contributed by atoms with van der Waals surface area (Å²) in [5.41, 5.74) is 5.34. The van der Waals surface area contributed by atoms with Gasteiger partial charge >= 0.3 is 0 Å². The number of hydrogen-bond acceptors (Lipinski definition) is 4. The molecule has 1 aliphatic heterocycles. The number of carbonyl (C=O) groups is 2. The fourth-order valence-corrected chi connectivity index (χ4v) is 3.74. The van der Waals surface area contributed by atoms with E-state index < -0.39 is 0 Å². The van der Waals surface area contributed by atoms with E-state index in [1.165, 1.54) is 18.2 Å². The summed E-state index contributed by atoms with van der Waals surface area (Å²) in [5.74, 6) is 0.394. The quantitative estimate of drug-likeness (QED) is 0.645. The first kappa shape index (κ1) is 20.7. The second-order valence-corrected chi connectivity index (χ2v) is 7.82. The van der Waals surface area contributed by atoms with E-state index >= 15 is 0 Å². The molecule has 160 valence electrons. The van der Waals surface area contributed by atoms with Crippen molar-refractivity contribution in [2.75, 3.05) is 19.0 Å². The zero-order valence-corrected chi connectivity index (χ0v) is 17.8. The van der Waals surface area contributed by atoms with Crippen LogP contribution in [-0.2, 0) is 24.2 Å². The number of hydrogen-bond donors (Lipinski definition) is 1. The maximum atomic E-state index is 12.7. The monoisotopic (exact) mass is 418 g/mol. The van der Waals surface area contributed by atoms with Crippen LogP contribution >= 0.6 is 0 Å². The molecule has 0 aliphatic carbocycles. The van der Waals surface area contributed by atoms with Gasteiger partial charge in [0.2, 0.25) is 5.91 Å². The molecule has 1 N–H and O–H groups in total. The Morgan fingerprint density at radius 3 is 2.61 bits per heavy atom. The Hall–Kier alpha value is -3.54. The van der Waals surface area contributed by atoms with Crippen LogP contribution in [0.2, 0.25) is 0 Å². The Balaban J connectivity index is 1.37. The number of methoxy groups -OCH3 is 1. The lowest BCUT2D eigenvalue weighted by molar-refractivity contribution is -0.116. The van der Waals surface area contributed by atoms with E-state index in [-0.39, 0.29) is 17.6 Å². The summed E-state index contributed by atoms with van der Waals surface area (Å²) in [4.78, 5) is 26.9. The van der Waals surface area contributed by atoms with Crippen LogP contribution < -0.4 is 10.1 Å². The van der Waals surface area contributed by atoms with E-state index in [9.17, 15) is 9.59 Å². The number of anilines is 1. The molecule has 3 aromatic rings. The van der Waals surface area contributed by atoms with Crippen LogP contribution in [0.1, 0.15) is 39.2 Å². The number of carbonyl (C=O) groups excluding carboxylic acids is 2. The highest BCUT2D eigenvalue weighted by molar-refractivity contribution is 5.92. The number of furan rings is 1. The number of nitrogens with zero attached hydrogens (tertiary/aromatic N) is 1. The topological polar surface area (TPSA) is 71.8 Å². The summed E-state index contributed by atoms with van der Waals surface area (Å²) >= 11 is 0. The van der Waals surface area contributed by atoms with Crippen molar-refractivity contribution in [3.8, 4) is 5.95 Å². The first-order valence-electron chi connectivity index (χ1n) is 10.4. The number of ether oxygens (including phenoxy) is 1. The fraction of sp³-hybridized carbons (Fsp3) is 0.280. The molecule has 6 nitrogen and oxygen atoms in total. The van der Waals surface area contributed by atoms with Crippen molar-refractivity contribution in [3.05, 3.63) is 82.6 Å². The third-order valence-corrected chi connectivity index (χ3v) is 5.54. The minimum atomic E-state index is -0.165. The van der Waals surface area contributed by atoms with Crippen molar-refractivity contribution in [1.82, 2.24) is 4.90 Å². The molecule has 0 bridgehead atoms. The fourth-order valence-electron chi connectivity index (χ4n) is 3.74. The van der Waals surface area contributed by atoms with Crippen LogP contribution in [-0.4, -0.2) is 30.4 Å². The highest BCUT2D eigenvalue weighted by atomic mass is 16.6. The number of nitrogens with one attached hydrogen (secondary N) is 1. The Kier molecular flexibility index (Phi) is 6.07. The molecule has 0 fully saturated rings. The van der Waals surface area contributed by atoms with Crippen molar-refractivity contribution >= 4 is 17.5 Å². The molecular weight excluding hydrogens is 392 g/mol. The summed E-state index contributed by atoms with van der Waals surface area (Å²) in [6, 6.07) is 17.4. The Morgan fingerprint density at radius 2 is 1.87 bits per heavy atom. The smallest absolute Gasteiger partial charge is 0.290 e. The second kappa shape index (κ2) is 9.08. The van der Waals surface area contributed by atoms with Gasteiger partial charge in [0, 0.05) is 31.3 Å².